The predicted octanol–water partition coefficient (Wildman–Crippen LogP) is 2.70. The zero-order valence-electron chi connectivity index (χ0n) is 11.7. The molecule has 1 aromatic rings. The van der Waals surface area contributed by atoms with Crippen LogP contribution in [0.1, 0.15) is 37.9 Å². The summed E-state index contributed by atoms with van der Waals surface area (Å²) in [5.41, 5.74) is 2.51. The highest BCUT2D eigenvalue weighted by molar-refractivity contribution is 5.40. The standard InChI is InChI=1S/C15H23NO2/c1-11(16-10-15(2,3)17-4)12-5-6-14-13(9-12)7-8-18-14/h5-6,9,11,16H,7-8,10H2,1-4H3. The van der Waals surface area contributed by atoms with E-state index in [0.717, 1.165) is 25.3 Å². The van der Waals surface area contributed by atoms with Gasteiger partial charge in [0, 0.05) is 26.1 Å². The van der Waals surface area contributed by atoms with E-state index in [0.29, 0.717) is 6.04 Å². The molecule has 0 fully saturated rings. The maximum absolute atomic E-state index is 5.52. The summed E-state index contributed by atoms with van der Waals surface area (Å²) >= 11 is 0. The molecular formula is C15H23NO2. The molecule has 0 saturated carbocycles. The van der Waals surface area contributed by atoms with Crippen LogP contribution in [0.15, 0.2) is 18.2 Å². The first-order valence-corrected chi connectivity index (χ1v) is 6.56. The third-order valence-corrected chi connectivity index (χ3v) is 3.60. The van der Waals surface area contributed by atoms with Gasteiger partial charge in [-0.05, 0) is 38.0 Å². The van der Waals surface area contributed by atoms with Gasteiger partial charge in [0.1, 0.15) is 5.75 Å². The lowest BCUT2D eigenvalue weighted by atomic mass is 10.0. The Morgan fingerprint density at radius 1 is 1.44 bits per heavy atom. The SMILES string of the molecule is COC(C)(C)CNC(C)c1ccc2c(c1)CCO2. The molecule has 1 N–H and O–H groups in total. The first-order valence-electron chi connectivity index (χ1n) is 6.56. The van der Waals surface area contributed by atoms with Crippen LogP contribution < -0.4 is 10.1 Å². The van der Waals surface area contributed by atoms with E-state index in [4.69, 9.17) is 9.47 Å². The Morgan fingerprint density at radius 2 is 2.22 bits per heavy atom. The molecule has 0 radical (unpaired) electrons. The topological polar surface area (TPSA) is 30.5 Å². The normalized spacial score (nSPS) is 16.2. The smallest absolute Gasteiger partial charge is 0.122 e. The highest BCUT2D eigenvalue weighted by Crippen LogP contribution is 2.28. The minimum Gasteiger partial charge on any atom is -0.493 e. The van der Waals surface area contributed by atoms with Gasteiger partial charge in [-0.2, -0.15) is 0 Å². The summed E-state index contributed by atoms with van der Waals surface area (Å²) in [6, 6.07) is 6.80. The molecule has 1 atom stereocenters. The van der Waals surface area contributed by atoms with E-state index in [-0.39, 0.29) is 5.60 Å². The van der Waals surface area contributed by atoms with Gasteiger partial charge in [0.25, 0.3) is 0 Å². The Hall–Kier alpha value is -1.06. The van der Waals surface area contributed by atoms with E-state index < -0.39 is 0 Å². The Bertz CT molecular complexity index is 415. The molecule has 1 heterocycles. The second-order valence-electron chi connectivity index (χ2n) is 5.53. The number of fused-ring (bicyclic) bond motifs is 1. The van der Waals surface area contributed by atoms with Crippen molar-refractivity contribution in [2.24, 2.45) is 0 Å². The second-order valence-corrected chi connectivity index (χ2v) is 5.53. The molecule has 0 aromatic heterocycles. The molecule has 1 aliphatic heterocycles. The molecule has 3 nitrogen and oxygen atoms in total. The molecule has 18 heavy (non-hydrogen) atoms. The number of hydrogen-bond acceptors (Lipinski definition) is 3. The van der Waals surface area contributed by atoms with Crippen molar-refractivity contribution in [2.75, 3.05) is 20.3 Å². The fourth-order valence-corrected chi connectivity index (χ4v) is 2.06. The molecule has 2 rings (SSSR count). The van der Waals surface area contributed by atoms with Crippen molar-refractivity contribution in [1.82, 2.24) is 5.32 Å². The Morgan fingerprint density at radius 3 is 2.94 bits per heavy atom. The van der Waals surface area contributed by atoms with Crippen molar-refractivity contribution in [3.05, 3.63) is 29.3 Å². The molecule has 1 aliphatic rings. The minimum atomic E-state index is -0.131. The summed E-state index contributed by atoms with van der Waals surface area (Å²) in [6.45, 7) is 8.01. The maximum atomic E-state index is 5.52. The summed E-state index contributed by atoms with van der Waals surface area (Å²) < 4.78 is 10.9. The quantitative estimate of drug-likeness (QED) is 0.870. The van der Waals surface area contributed by atoms with Crippen LogP contribution in [0, 0.1) is 0 Å². The highest BCUT2D eigenvalue weighted by atomic mass is 16.5. The Kier molecular flexibility index (Phi) is 3.93. The first kappa shape index (κ1) is 13.4. The van der Waals surface area contributed by atoms with Crippen LogP contribution in [-0.4, -0.2) is 25.9 Å². The van der Waals surface area contributed by atoms with Crippen molar-refractivity contribution in [2.45, 2.75) is 38.8 Å². The first-order chi connectivity index (χ1) is 8.52. The van der Waals surface area contributed by atoms with E-state index in [2.05, 4.69) is 44.3 Å². The predicted molar refractivity (Wildman–Crippen MR) is 73.1 cm³/mol. The van der Waals surface area contributed by atoms with Crippen LogP contribution in [0.5, 0.6) is 5.75 Å². The molecule has 100 valence electrons. The number of methoxy groups -OCH3 is 1. The average molecular weight is 249 g/mol. The summed E-state index contributed by atoms with van der Waals surface area (Å²) in [6.07, 6.45) is 1.03. The molecule has 0 saturated heterocycles. The number of hydrogen-bond donors (Lipinski definition) is 1. The average Bonchev–Trinajstić information content (AvgIpc) is 2.83. The zero-order chi connectivity index (χ0) is 13.2. The molecule has 0 amide bonds. The fourth-order valence-electron chi connectivity index (χ4n) is 2.06. The molecular weight excluding hydrogens is 226 g/mol. The van der Waals surface area contributed by atoms with Crippen LogP contribution in [0.4, 0.5) is 0 Å². The lowest BCUT2D eigenvalue weighted by molar-refractivity contribution is 0.0214. The van der Waals surface area contributed by atoms with Gasteiger partial charge in [-0.3, -0.25) is 0 Å². The Balaban J connectivity index is 1.99. The van der Waals surface area contributed by atoms with E-state index in [1.165, 1.54) is 11.1 Å². The van der Waals surface area contributed by atoms with Gasteiger partial charge in [-0.1, -0.05) is 12.1 Å². The van der Waals surface area contributed by atoms with Crippen molar-refractivity contribution in [3.8, 4) is 5.75 Å². The molecule has 3 heteroatoms. The summed E-state index contributed by atoms with van der Waals surface area (Å²) in [5.74, 6) is 1.04. The van der Waals surface area contributed by atoms with Crippen LogP contribution >= 0.6 is 0 Å². The summed E-state index contributed by atoms with van der Waals surface area (Å²) in [7, 11) is 1.75. The van der Waals surface area contributed by atoms with E-state index in [1.54, 1.807) is 7.11 Å². The summed E-state index contributed by atoms with van der Waals surface area (Å²) in [4.78, 5) is 0. The van der Waals surface area contributed by atoms with Crippen molar-refractivity contribution in [1.29, 1.82) is 0 Å². The van der Waals surface area contributed by atoms with Crippen molar-refractivity contribution < 1.29 is 9.47 Å². The largest absolute Gasteiger partial charge is 0.493 e. The van der Waals surface area contributed by atoms with Gasteiger partial charge in [0.2, 0.25) is 0 Å². The van der Waals surface area contributed by atoms with E-state index in [1.807, 2.05) is 0 Å². The number of benzene rings is 1. The van der Waals surface area contributed by atoms with Gasteiger partial charge in [0.05, 0.1) is 12.2 Å². The second kappa shape index (κ2) is 5.29. The minimum absolute atomic E-state index is 0.131. The summed E-state index contributed by atoms with van der Waals surface area (Å²) in [5, 5.41) is 3.52. The lowest BCUT2D eigenvalue weighted by Crippen LogP contribution is -2.37. The van der Waals surface area contributed by atoms with Crippen LogP contribution in [0.3, 0.4) is 0 Å². The number of nitrogens with one attached hydrogen (secondary N) is 1. The molecule has 0 aliphatic carbocycles. The van der Waals surface area contributed by atoms with E-state index >= 15 is 0 Å². The lowest BCUT2D eigenvalue weighted by Gasteiger charge is -2.26. The fraction of sp³-hybridized carbons (Fsp3) is 0.600. The molecule has 1 aromatic carbocycles. The van der Waals surface area contributed by atoms with Gasteiger partial charge >= 0.3 is 0 Å². The third-order valence-electron chi connectivity index (χ3n) is 3.60. The Labute approximate surface area is 109 Å². The van der Waals surface area contributed by atoms with Crippen LogP contribution in [-0.2, 0) is 11.2 Å². The number of rotatable bonds is 5. The van der Waals surface area contributed by atoms with Crippen molar-refractivity contribution >= 4 is 0 Å². The van der Waals surface area contributed by atoms with Gasteiger partial charge in [-0.15, -0.1) is 0 Å². The van der Waals surface area contributed by atoms with Crippen LogP contribution in [0.25, 0.3) is 0 Å². The highest BCUT2D eigenvalue weighted by Gasteiger charge is 2.19. The third kappa shape index (κ3) is 3.03. The van der Waals surface area contributed by atoms with Gasteiger partial charge in [0.15, 0.2) is 0 Å². The van der Waals surface area contributed by atoms with Crippen LogP contribution in [0.2, 0.25) is 0 Å². The number of ether oxygens (including phenoxy) is 2. The van der Waals surface area contributed by atoms with Crippen molar-refractivity contribution in [3.63, 3.8) is 0 Å². The maximum Gasteiger partial charge on any atom is 0.122 e. The monoisotopic (exact) mass is 249 g/mol. The molecule has 0 spiro atoms. The zero-order valence-corrected chi connectivity index (χ0v) is 11.7. The van der Waals surface area contributed by atoms with Gasteiger partial charge < -0.3 is 14.8 Å². The van der Waals surface area contributed by atoms with Gasteiger partial charge in [-0.25, -0.2) is 0 Å². The molecule has 0 bridgehead atoms. The molecule has 1 unspecified atom stereocenters. The van der Waals surface area contributed by atoms with E-state index in [9.17, 15) is 0 Å².